The second-order valence-electron chi connectivity index (χ2n) is 5.78. The average molecular weight is 300 g/mol. The van der Waals surface area contributed by atoms with Gasteiger partial charge in [0, 0.05) is 5.56 Å². The van der Waals surface area contributed by atoms with E-state index >= 15 is 0 Å². The van der Waals surface area contributed by atoms with Crippen LogP contribution in [0.25, 0.3) is 0 Å². The van der Waals surface area contributed by atoms with Crippen molar-refractivity contribution >= 4 is 11.3 Å². The first-order valence-corrected chi connectivity index (χ1v) is 7.78. The van der Waals surface area contributed by atoms with Crippen molar-refractivity contribution in [2.75, 3.05) is 6.61 Å². The van der Waals surface area contributed by atoms with E-state index in [-0.39, 0.29) is 12.0 Å². The van der Waals surface area contributed by atoms with Crippen molar-refractivity contribution in [3.05, 3.63) is 51.7 Å². The summed E-state index contributed by atoms with van der Waals surface area (Å²) >= 11 is 1.62. The third kappa shape index (κ3) is 4.35. The third-order valence-corrected chi connectivity index (χ3v) is 4.01. The van der Waals surface area contributed by atoms with Gasteiger partial charge in [-0.05, 0) is 34.6 Å². The predicted molar refractivity (Wildman–Crippen MR) is 87.8 cm³/mol. The van der Waals surface area contributed by atoms with Crippen molar-refractivity contribution in [1.82, 2.24) is 0 Å². The van der Waals surface area contributed by atoms with Gasteiger partial charge in [-0.2, -0.15) is 0 Å². The fourth-order valence-electron chi connectivity index (χ4n) is 1.90. The minimum absolute atomic E-state index is 0.111. The first kappa shape index (κ1) is 15.6. The van der Waals surface area contributed by atoms with Crippen molar-refractivity contribution in [3.8, 4) is 17.6 Å². The Bertz CT molecular complexity index is 654. The van der Waals surface area contributed by atoms with E-state index in [0.717, 1.165) is 16.2 Å². The van der Waals surface area contributed by atoms with E-state index < -0.39 is 0 Å². The van der Waals surface area contributed by atoms with E-state index in [2.05, 4.69) is 44.7 Å². The summed E-state index contributed by atoms with van der Waals surface area (Å²) in [6, 6.07) is 10.2. The van der Waals surface area contributed by atoms with Crippen molar-refractivity contribution in [2.45, 2.75) is 32.8 Å². The average Bonchev–Trinajstić information content (AvgIpc) is 2.90. The Kier molecular flexibility index (Phi) is 5.06. The topological polar surface area (TPSA) is 29.5 Å². The Hall–Kier alpha value is -1.76. The van der Waals surface area contributed by atoms with Gasteiger partial charge in [0.05, 0.1) is 4.88 Å². The lowest BCUT2D eigenvalue weighted by molar-refractivity contribution is 0.308. The van der Waals surface area contributed by atoms with E-state index in [4.69, 9.17) is 9.84 Å². The Morgan fingerprint density at radius 1 is 1.24 bits per heavy atom. The fraction of sp³-hybridized carbons (Fsp3) is 0.333. The molecule has 1 N–H and O–H groups in total. The molecule has 0 fully saturated rings. The van der Waals surface area contributed by atoms with Gasteiger partial charge in [0.15, 0.2) is 0 Å². The highest BCUT2D eigenvalue weighted by atomic mass is 32.1. The zero-order valence-electron chi connectivity index (χ0n) is 12.6. The van der Waals surface area contributed by atoms with E-state index in [1.807, 2.05) is 23.6 Å². The minimum atomic E-state index is -0.121. The molecule has 3 heteroatoms. The number of ether oxygens (including phenoxy) is 1. The van der Waals surface area contributed by atoms with Gasteiger partial charge < -0.3 is 9.84 Å². The van der Waals surface area contributed by atoms with Crippen LogP contribution in [0.4, 0.5) is 0 Å². The Morgan fingerprint density at radius 2 is 2.05 bits per heavy atom. The highest BCUT2D eigenvalue weighted by molar-refractivity contribution is 7.10. The molecular formula is C18H20O2S. The molecule has 0 radical (unpaired) electrons. The maximum Gasteiger partial charge on any atom is 0.124 e. The SMILES string of the molecule is CC(C)(C)c1cccc(OCc2sccc2C#CCO)c1. The van der Waals surface area contributed by atoms with E-state index in [9.17, 15) is 0 Å². The van der Waals surface area contributed by atoms with Crippen LogP contribution < -0.4 is 4.74 Å². The van der Waals surface area contributed by atoms with Gasteiger partial charge in [-0.3, -0.25) is 0 Å². The van der Waals surface area contributed by atoms with Crippen LogP contribution in [0.5, 0.6) is 5.75 Å². The monoisotopic (exact) mass is 300 g/mol. The summed E-state index contributed by atoms with van der Waals surface area (Å²) in [7, 11) is 0. The zero-order chi connectivity index (χ0) is 15.3. The number of hydrogen-bond acceptors (Lipinski definition) is 3. The molecule has 0 saturated carbocycles. The quantitative estimate of drug-likeness (QED) is 0.869. The van der Waals surface area contributed by atoms with Crippen molar-refractivity contribution in [1.29, 1.82) is 0 Å². The normalized spacial score (nSPS) is 10.9. The van der Waals surface area contributed by atoms with E-state index in [1.165, 1.54) is 5.56 Å². The van der Waals surface area contributed by atoms with Crippen molar-refractivity contribution in [3.63, 3.8) is 0 Å². The molecule has 0 saturated heterocycles. The van der Waals surface area contributed by atoms with E-state index in [0.29, 0.717) is 6.61 Å². The lowest BCUT2D eigenvalue weighted by Gasteiger charge is -2.19. The minimum Gasteiger partial charge on any atom is -0.488 e. The summed E-state index contributed by atoms with van der Waals surface area (Å²) in [6.07, 6.45) is 0. The maximum absolute atomic E-state index is 8.77. The van der Waals surface area contributed by atoms with Crippen LogP contribution in [0.1, 0.15) is 36.8 Å². The molecule has 110 valence electrons. The largest absolute Gasteiger partial charge is 0.488 e. The van der Waals surface area contributed by atoms with Crippen LogP contribution in [0.15, 0.2) is 35.7 Å². The number of thiophene rings is 1. The van der Waals surface area contributed by atoms with Crippen molar-refractivity contribution < 1.29 is 9.84 Å². The summed E-state index contributed by atoms with van der Waals surface area (Å²) in [5.41, 5.74) is 2.30. The van der Waals surface area contributed by atoms with Crippen LogP contribution >= 0.6 is 11.3 Å². The van der Waals surface area contributed by atoms with Gasteiger partial charge in [0.2, 0.25) is 0 Å². The van der Waals surface area contributed by atoms with Crippen LogP contribution in [-0.2, 0) is 12.0 Å². The first-order valence-electron chi connectivity index (χ1n) is 6.90. The van der Waals surface area contributed by atoms with Gasteiger partial charge in [-0.25, -0.2) is 0 Å². The van der Waals surface area contributed by atoms with Gasteiger partial charge >= 0.3 is 0 Å². The van der Waals surface area contributed by atoms with Crippen LogP contribution in [0, 0.1) is 11.8 Å². The number of aliphatic hydroxyl groups excluding tert-OH is 1. The second kappa shape index (κ2) is 6.80. The molecule has 0 spiro atoms. The predicted octanol–water partition coefficient (Wildman–Crippen LogP) is 3.97. The highest BCUT2D eigenvalue weighted by Crippen LogP contribution is 2.26. The molecular weight excluding hydrogens is 280 g/mol. The molecule has 0 amide bonds. The molecule has 2 rings (SSSR count). The van der Waals surface area contributed by atoms with Gasteiger partial charge in [0.25, 0.3) is 0 Å². The second-order valence-corrected chi connectivity index (χ2v) is 6.78. The highest BCUT2D eigenvalue weighted by Gasteiger charge is 2.14. The molecule has 0 unspecified atom stereocenters. The van der Waals surface area contributed by atoms with Gasteiger partial charge in [-0.1, -0.05) is 44.7 Å². The fourth-order valence-corrected chi connectivity index (χ4v) is 2.64. The van der Waals surface area contributed by atoms with Crippen LogP contribution in [0.2, 0.25) is 0 Å². The van der Waals surface area contributed by atoms with Gasteiger partial charge in [0.1, 0.15) is 19.0 Å². The lowest BCUT2D eigenvalue weighted by atomic mass is 9.87. The van der Waals surface area contributed by atoms with Gasteiger partial charge in [-0.15, -0.1) is 11.3 Å². The molecule has 1 heterocycles. The number of rotatable bonds is 3. The molecule has 0 atom stereocenters. The molecule has 1 aromatic carbocycles. The molecule has 0 aliphatic carbocycles. The summed E-state index contributed by atoms with van der Waals surface area (Å²) in [5.74, 6) is 6.49. The van der Waals surface area contributed by atoms with E-state index in [1.54, 1.807) is 11.3 Å². The Morgan fingerprint density at radius 3 is 2.76 bits per heavy atom. The summed E-state index contributed by atoms with van der Waals surface area (Å²) in [5, 5.41) is 10.8. The summed E-state index contributed by atoms with van der Waals surface area (Å²) in [4.78, 5) is 1.08. The molecule has 2 aromatic rings. The van der Waals surface area contributed by atoms with Crippen LogP contribution in [0.3, 0.4) is 0 Å². The van der Waals surface area contributed by atoms with Crippen molar-refractivity contribution in [2.24, 2.45) is 0 Å². The molecule has 2 nitrogen and oxygen atoms in total. The standard InChI is InChI=1S/C18H20O2S/c1-18(2,3)15-7-4-8-16(12-15)20-13-17-14(6-5-10-19)9-11-21-17/h4,7-9,11-12,19H,10,13H2,1-3H3. The third-order valence-electron chi connectivity index (χ3n) is 3.12. The summed E-state index contributed by atoms with van der Waals surface area (Å²) < 4.78 is 5.89. The number of aliphatic hydroxyl groups is 1. The molecule has 0 bridgehead atoms. The lowest BCUT2D eigenvalue weighted by Crippen LogP contribution is -2.10. The Balaban J connectivity index is 2.09. The first-order chi connectivity index (χ1) is 10.0. The number of hydrogen-bond donors (Lipinski definition) is 1. The smallest absolute Gasteiger partial charge is 0.124 e. The summed E-state index contributed by atoms with van der Waals surface area (Å²) in [6.45, 7) is 6.94. The van der Waals surface area contributed by atoms with Crippen LogP contribution in [-0.4, -0.2) is 11.7 Å². The molecule has 0 aliphatic heterocycles. The number of benzene rings is 1. The zero-order valence-corrected chi connectivity index (χ0v) is 13.5. The molecule has 21 heavy (non-hydrogen) atoms. The Labute approximate surface area is 130 Å². The molecule has 0 aliphatic rings. The maximum atomic E-state index is 8.77. The molecule has 1 aromatic heterocycles.